The summed E-state index contributed by atoms with van der Waals surface area (Å²) in [7, 11) is 1.94. The molecule has 110 valence electrons. The van der Waals surface area contributed by atoms with Gasteiger partial charge in [0, 0.05) is 29.8 Å². The SMILES string of the molecule is CCCc1nccn1Cc1c(CNC)oc2ccccc12. The molecule has 3 aromatic rings. The summed E-state index contributed by atoms with van der Waals surface area (Å²) < 4.78 is 8.21. The predicted octanol–water partition coefficient (Wildman–Crippen LogP) is 3.35. The molecule has 4 nitrogen and oxygen atoms in total. The fraction of sp³-hybridized carbons (Fsp3) is 0.353. The molecule has 0 saturated heterocycles. The van der Waals surface area contributed by atoms with Gasteiger partial charge in [0.25, 0.3) is 0 Å². The predicted molar refractivity (Wildman–Crippen MR) is 84.3 cm³/mol. The minimum Gasteiger partial charge on any atom is -0.459 e. The van der Waals surface area contributed by atoms with Crippen LogP contribution in [0.15, 0.2) is 41.1 Å². The molecule has 0 spiro atoms. The van der Waals surface area contributed by atoms with Crippen molar-refractivity contribution in [1.82, 2.24) is 14.9 Å². The van der Waals surface area contributed by atoms with Crippen LogP contribution in [-0.2, 0) is 19.5 Å². The molecule has 0 amide bonds. The maximum absolute atomic E-state index is 5.99. The summed E-state index contributed by atoms with van der Waals surface area (Å²) in [6.07, 6.45) is 6.04. The fourth-order valence-corrected chi connectivity index (χ4v) is 2.73. The molecule has 0 fully saturated rings. The number of aromatic nitrogens is 2. The quantitative estimate of drug-likeness (QED) is 0.754. The molecule has 0 bridgehead atoms. The van der Waals surface area contributed by atoms with E-state index in [9.17, 15) is 0 Å². The van der Waals surface area contributed by atoms with Crippen molar-refractivity contribution < 1.29 is 4.42 Å². The van der Waals surface area contributed by atoms with Gasteiger partial charge in [0.1, 0.15) is 17.2 Å². The highest BCUT2D eigenvalue weighted by Gasteiger charge is 2.14. The summed E-state index contributed by atoms with van der Waals surface area (Å²) in [6.45, 7) is 3.73. The molecule has 1 N–H and O–H groups in total. The molecular weight excluding hydrogens is 262 g/mol. The van der Waals surface area contributed by atoms with Gasteiger partial charge in [-0.25, -0.2) is 4.98 Å². The van der Waals surface area contributed by atoms with Crippen LogP contribution >= 0.6 is 0 Å². The van der Waals surface area contributed by atoms with Crippen molar-refractivity contribution >= 4 is 11.0 Å². The molecular formula is C17H21N3O. The van der Waals surface area contributed by atoms with E-state index in [1.54, 1.807) is 0 Å². The Morgan fingerprint density at radius 1 is 1.29 bits per heavy atom. The Labute approximate surface area is 124 Å². The molecule has 2 aromatic heterocycles. The van der Waals surface area contributed by atoms with E-state index in [1.165, 1.54) is 10.9 Å². The third-order valence-electron chi connectivity index (χ3n) is 3.72. The molecule has 21 heavy (non-hydrogen) atoms. The molecule has 0 saturated carbocycles. The van der Waals surface area contributed by atoms with Crippen LogP contribution in [0.3, 0.4) is 0 Å². The molecule has 2 heterocycles. The standard InChI is InChI=1S/C17H21N3O/c1-3-6-17-19-9-10-20(17)12-14-13-7-4-5-8-15(13)21-16(14)11-18-2/h4-5,7-10,18H,3,6,11-12H2,1-2H3. The molecule has 3 rings (SSSR count). The van der Waals surface area contributed by atoms with Crippen molar-refractivity contribution in [2.75, 3.05) is 7.05 Å². The van der Waals surface area contributed by atoms with Gasteiger partial charge in [-0.2, -0.15) is 0 Å². The van der Waals surface area contributed by atoms with Gasteiger partial charge >= 0.3 is 0 Å². The monoisotopic (exact) mass is 283 g/mol. The number of para-hydroxylation sites is 1. The highest BCUT2D eigenvalue weighted by molar-refractivity contribution is 5.82. The highest BCUT2D eigenvalue weighted by atomic mass is 16.3. The van der Waals surface area contributed by atoms with Gasteiger partial charge in [-0.05, 0) is 19.5 Å². The third-order valence-corrected chi connectivity index (χ3v) is 3.72. The Balaban J connectivity index is 2.02. The molecule has 0 atom stereocenters. The average molecular weight is 283 g/mol. The van der Waals surface area contributed by atoms with E-state index >= 15 is 0 Å². The molecule has 0 aliphatic heterocycles. The zero-order chi connectivity index (χ0) is 14.7. The minimum atomic E-state index is 0.738. The zero-order valence-electron chi connectivity index (χ0n) is 12.6. The number of hydrogen-bond acceptors (Lipinski definition) is 3. The zero-order valence-corrected chi connectivity index (χ0v) is 12.6. The Morgan fingerprint density at radius 2 is 2.14 bits per heavy atom. The maximum atomic E-state index is 5.99. The van der Waals surface area contributed by atoms with Crippen LogP contribution < -0.4 is 5.32 Å². The van der Waals surface area contributed by atoms with Gasteiger partial charge < -0.3 is 14.3 Å². The summed E-state index contributed by atoms with van der Waals surface area (Å²) in [5.41, 5.74) is 2.20. The van der Waals surface area contributed by atoms with Crippen LogP contribution in [0.2, 0.25) is 0 Å². The van der Waals surface area contributed by atoms with E-state index in [1.807, 2.05) is 25.4 Å². The number of fused-ring (bicyclic) bond motifs is 1. The van der Waals surface area contributed by atoms with Crippen molar-refractivity contribution in [1.29, 1.82) is 0 Å². The van der Waals surface area contributed by atoms with E-state index in [0.29, 0.717) is 0 Å². The van der Waals surface area contributed by atoms with E-state index < -0.39 is 0 Å². The first-order valence-electron chi connectivity index (χ1n) is 7.47. The second-order valence-electron chi connectivity index (χ2n) is 5.25. The lowest BCUT2D eigenvalue weighted by atomic mass is 10.1. The van der Waals surface area contributed by atoms with Crippen LogP contribution in [0.25, 0.3) is 11.0 Å². The van der Waals surface area contributed by atoms with E-state index in [0.717, 1.165) is 43.1 Å². The van der Waals surface area contributed by atoms with E-state index in [-0.39, 0.29) is 0 Å². The lowest BCUT2D eigenvalue weighted by Gasteiger charge is -2.08. The van der Waals surface area contributed by atoms with Crippen molar-refractivity contribution in [3.05, 3.63) is 53.8 Å². The summed E-state index contributed by atoms with van der Waals surface area (Å²) in [5, 5.41) is 4.38. The Kier molecular flexibility index (Phi) is 4.06. The van der Waals surface area contributed by atoms with Crippen molar-refractivity contribution in [2.24, 2.45) is 0 Å². The number of benzene rings is 1. The van der Waals surface area contributed by atoms with Crippen LogP contribution in [0.5, 0.6) is 0 Å². The van der Waals surface area contributed by atoms with Crippen molar-refractivity contribution in [3.8, 4) is 0 Å². The number of nitrogens with one attached hydrogen (secondary N) is 1. The average Bonchev–Trinajstić information content (AvgIpc) is 3.06. The number of hydrogen-bond donors (Lipinski definition) is 1. The van der Waals surface area contributed by atoms with Crippen LogP contribution in [-0.4, -0.2) is 16.6 Å². The summed E-state index contributed by atoms with van der Waals surface area (Å²) in [5.74, 6) is 2.15. The third kappa shape index (κ3) is 2.72. The smallest absolute Gasteiger partial charge is 0.134 e. The maximum Gasteiger partial charge on any atom is 0.134 e. The first-order chi connectivity index (χ1) is 10.3. The first-order valence-corrected chi connectivity index (χ1v) is 7.47. The highest BCUT2D eigenvalue weighted by Crippen LogP contribution is 2.27. The second-order valence-corrected chi connectivity index (χ2v) is 5.25. The van der Waals surface area contributed by atoms with Crippen molar-refractivity contribution in [3.63, 3.8) is 0 Å². The number of rotatable bonds is 6. The fourth-order valence-electron chi connectivity index (χ4n) is 2.73. The first kappa shape index (κ1) is 13.9. The van der Waals surface area contributed by atoms with Gasteiger partial charge in [0.2, 0.25) is 0 Å². The Hall–Kier alpha value is -2.07. The number of aryl methyl sites for hydroxylation is 1. The van der Waals surface area contributed by atoms with Crippen LogP contribution in [0, 0.1) is 0 Å². The minimum absolute atomic E-state index is 0.738. The van der Waals surface area contributed by atoms with Gasteiger partial charge in [0.05, 0.1) is 13.1 Å². The molecule has 4 heteroatoms. The molecule has 0 aliphatic carbocycles. The lowest BCUT2D eigenvalue weighted by Crippen LogP contribution is -2.09. The molecule has 0 radical (unpaired) electrons. The number of nitrogens with zero attached hydrogens (tertiary/aromatic N) is 2. The van der Waals surface area contributed by atoms with E-state index in [2.05, 4.69) is 40.1 Å². The van der Waals surface area contributed by atoms with Gasteiger partial charge in [-0.15, -0.1) is 0 Å². The topological polar surface area (TPSA) is 43.0 Å². The van der Waals surface area contributed by atoms with Gasteiger partial charge in [-0.1, -0.05) is 25.1 Å². The lowest BCUT2D eigenvalue weighted by molar-refractivity contribution is 0.520. The van der Waals surface area contributed by atoms with Gasteiger partial charge in [0.15, 0.2) is 0 Å². The normalized spacial score (nSPS) is 11.3. The summed E-state index contributed by atoms with van der Waals surface area (Å²) in [6, 6.07) is 8.23. The molecule has 0 unspecified atom stereocenters. The molecule has 1 aromatic carbocycles. The largest absolute Gasteiger partial charge is 0.459 e. The van der Waals surface area contributed by atoms with E-state index in [4.69, 9.17) is 4.42 Å². The Morgan fingerprint density at radius 3 is 2.95 bits per heavy atom. The summed E-state index contributed by atoms with van der Waals surface area (Å²) >= 11 is 0. The van der Waals surface area contributed by atoms with Crippen molar-refractivity contribution in [2.45, 2.75) is 32.9 Å². The Bertz CT molecular complexity index is 727. The van der Waals surface area contributed by atoms with Gasteiger partial charge in [-0.3, -0.25) is 0 Å². The van der Waals surface area contributed by atoms with Crippen LogP contribution in [0.4, 0.5) is 0 Å². The number of furan rings is 1. The second kappa shape index (κ2) is 6.14. The summed E-state index contributed by atoms with van der Waals surface area (Å²) in [4.78, 5) is 4.46. The molecule has 0 aliphatic rings. The van der Waals surface area contributed by atoms with Crippen LogP contribution in [0.1, 0.15) is 30.5 Å². The number of imidazole rings is 1.